The zero-order valence-corrected chi connectivity index (χ0v) is 11.5. The van der Waals surface area contributed by atoms with Crippen LogP contribution in [-0.4, -0.2) is 27.9 Å². The fourth-order valence-corrected chi connectivity index (χ4v) is 2.47. The summed E-state index contributed by atoms with van der Waals surface area (Å²) < 4.78 is 1.90. The lowest BCUT2D eigenvalue weighted by Crippen LogP contribution is -2.23. The van der Waals surface area contributed by atoms with Gasteiger partial charge in [-0.25, -0.2) is 4.52 Å². The molecule has 1 unspecified atom stereocenters. The molecule has 2 heterocycles. The lowest BCUT2D eigenvalue weighted by atomic mass is 10.0. The van der Waals surface area contributed by atoms with Crippen molar-refractivity contribution < 1.29 is 5.11 Å². The molecule has 4 heteroatoms. The van der Waals surface area contributed by atoms with Crippen molar-refractivity contribution in [2.45, 2.75) is 32.7 Å². The first-order valence-electron chi connectivity index (χ1n) is 7.08. The van der Waals surface area contributed by atoms with E-state index >= 15 is 0 Å². The van der Waals surface area contributed by atoms with E-state index in [4.69, 9.17) is 5.11 Å². The molecular formula is C15H23N3O. The van der Waals surface area contributed by atoms with Crippen molar-refractivity contribution in [2.24, 2.45) is 5.92 Å². The minimum atomic E-state index is 0.281. The Morgan fingerprint density at radius 2 is 2.26 bits per heavy atom. The van der Waals surface area contributed by atoms with Crippen LogP contribution in [0.25, 0.3) is 5.52 Å². The molecular weight excluding hydrogens is 238 g/mol. The topological polar surface area (TPSA) is 49.6 Å². The van der Waals surface area contributed by atoms with E-state index in [1.54, 1.807) is 0 Å². The van der Waals surface area contributed by atoms with E-state index in [0.717, 1.165) is 25.0 Å². The SMILES string of the molecule is CCCC(CCO)CNCc1cnn2ccccc12. The second-order valence-electron chi connectivity index (χ2n) is 5.00. The van der Waals surface area contributed by atoms with E-state index < -0.39 is 0 Å². The zero-order chi connectivity index (χ0) is 13.5. The summed E-state index contributed by atoms with van der Waals surface area (Å²) in [5, 5.41) is 16.9. The first-order valence-corrected chi connectivity index (χ1v) is 7.08. The van der Waals surface area contributed by atoms with Crippen molar-refractivity contribution in [1.29, 1.82) is 0 Å². The summed E-state index contributed by atoms with van der Waals surface area (Å²) in [6, 6.07) is 6.10. The highest BCUT2D eigenvalue weighted by Gasteiger charge is 2.08. The smallest absolute Gasteiger partial charge is 0.0706 e. The van der Waals surface area contributed by atoms with Gasteiger partial charge < -0.3 is 10.4 Å². The standard InChI is InChI=1S/C15H23N3O/c1-2-5-13(7-9-19)10-16-11-14-12-17-18-8-4-3-6-15(14)18/h3-4,6,8,12-13,16,19H,2,5,7,9-11H2,1H3. The third kappa shape index (κ3) is 3.78. The van der Waals surface area contributed by atoms with Crippen molar-refractivity contribution in [1.82, 2.24) is 14.9 Å². The number of hydrogen-bond acceptors (Lipinski definition) is 3. The van der Waals surface area contributed by atoms with Crippen LogP contribution in [-0.2, 0) is 6.54 Å². The Bertz CT molecular complexity index is 489. The number of aromatic nitrogens is 2. The van der Waals surface area contributed by atoms with Crippen LogP contribution in [0.2, 0.25) is 0 Å². The molecule has 0 aliphatic heterocycles. The highest BCUT2D eigenvalue weighted by Crippen LogP contribution is 2.12. The number of fused-ring (bicyclic) bond motifs is 1. The van der Waals surface area contributed by atoms with Gasteiger partial charge in [0.25, 0.3) is 0 Å². The average molecular weight is 261 g/mol. The molecule has 0 amide bonds. The number of nitrogens with one attached hydrogen (secondary N) is 1. The zero-order valence-electron chi connectivity index (χ0n) is 11.5. The van der Waals surface area contributed by atoms with Crippen LogP contribution in [0.5, 0.6) is 0 Å². The van der Waals surface area contributed by atoms with Gasteiger partial charge in [-0.3, -0.25) is 0 Å². The van der Waals surface area contributed by atoms with Gasteiger partial charge in [-0.05, 0) is 37.4 Å². The molecule has 0 radical (unpaired) electrons. The molecule has 0 aliphatic carbocycles. The summed E-state index contributed by atoms with van der Waals surface area (Å²) >= 11 is 0. The van der Waals surface area contributed by atoms with Crippen LogP contribution in [0.15, 0.2) is 30.6 Å². The molecule has 0 saturated carbocycles. The van der Waals surface area contributed by atoms with Crippen LogP contribution in [0, 0.1) is 5.92 Å². The Labute approximate surface area is 114 Å². The summed E-state index contributed by atoms with van der Waals surface area (Å²) in [5.74, 6) is 0.567. The van der Waals surface area contributed by atoms with E-state index in [1.807, 2.05) is 29.0 Å². The van der Waals surface area contributed by atoms with Crippen LogP contribution < -0.4 is 5.32 Å². The van der Waals surface area contributed by atoms with E-state index in [0.29, 0.717) is 5.92 Å². The lowest BCUT2D eigenvalue weighted by molar-refractivity contribution is 0.248. The van der Waals surface area contributed by atoms with E-state index in [2.05, 4.69) is 23.4 Å². The lowest BCUT2D eigenvalue weighted by Gasteiger charge is -2.15. The molecule has 0 saturated heterocycles. The summed E-state index contributed by atoms with van der Waals surface area (Å²) in [4.78, 5) is 0. The molecule has 0 spiro atoms. The molecule has 0 bridgehead atoms. The van der Waals surface area contributed by atoms with Gasteiger partial charge in [0.1, 0.15) is 0 Å². The number of pyridine rings is 1. The Kier molecular flexibility index (Phi) is 5.36. The molecule has 0 aliphatic rings. The number of aliphatic hydroxyl groups excluding tert-OH is 1. The third-order valence-corrected chi connectivity index (χ3v) is 3.49. The first-order chi connectivity index (χ1) is 9.35. The van der Waals surface area contributed by atoms with Crippen LogP contribution in [0.3, 0.4) is 0 Å². The summed E-state index contributed by atoms with van der Waals surface area (Å²) in [7, 11) is 0. The molecule has 0 fully saturated rings. The van der Waals surface area contributed by atoms with Crippen LogP contribution >= 0.6 is 0 Å². The van der Waals surface area contributed by atoms with Gasteiger partial charge in [-0.2, -0.15) is 5.10 Å². The van der Waals surface area contributed by atoms with Crippen molar-refractivity contribution >= 4 is 5.52 Å². The normalized spacial score (nSPS) is 12.9. The summed E-state index contributed by atoms with van der Waals surface area (Å²) in [5.41, 5.74) is 2.38. The van der Waals surface area contributed by atoms with E-state index in [9.17, 15) is 0 Å². The van der Waals surface area contributed by atoms with Gasteiger partial charge in [0, 0.05) is 24.9 Å². The van der Waals surface area contributed by atoms with Gasteiger partial charge in [-0.15, -0.1) is 0 Å². The van der Waals surface area contributed by atoms with Crippen LogP contribution in [0.4, 0.5) is 0 Å². The molecule has 2 aromatic rings. The van der Waals surface area contributed by atoms with Crippen molar-refractivity contribution in [3.63, 3.8) is 0 Å². The van der Waals surface area contributed by atoms with Gasteiger partial charge in [-0.1, -0.05) is 19.4 Å². The predicted molar refractivity (Wildman–Crippen MR) is 77.0 cm³/mol. The fourth-order valence-electron chi connectivity index (χ4n) is 2.47. The highest BCUT2D eigenvalue weighted by atomic mass is 16.3. The van der Waals surface area contributed by atoms with E-state index in [-0.39, 0.29) is 6.61 Å². The minimum Gasteiger partial charge on any atom is -0.396 e. The number of aliphatic hydroxyl groups is 1. The highest BCUT2D eigenvalue weighted by molar-refractivity contribution is 5.53. The molecule has 0 aromatic carbocycles. The first kappa shape index (κ1) is 14.0. The van der Waals surface area contributed by atoms with Crippen LogP contribution in [0.1, 0.15) is 31.7 Å². The third-order valence-electron chi connectivity index (χ3n) is 3.49. The van der Waals surface area contributed by atoms with E-state index in [1.165, 1.54) is 18.4 Å². The van der Waals surface area contributed by atoms with Gasteiger partial charge >= 0.3 is 0 Å². The maximum absolute atomic E-state index is 9.05. The summed E-state index contributed by atoms with van der Waals surface area (Å²) in [6.07, 6.45) is 7.11. The van der Waals surface area contributed by atoms with Crippen molar-refractivity contribution in [3.8, 4) is 0 Å². The molecule has 1 atom stereocenters. The average Bonchev–Trinajstić information content (AvgIpc) is 2.83. The Morgan fingerprint density at radius 3 is 3.05 bits per heavy atom. The predicted octanol–water partition coefficient (Wildman–Crippen LogP) is 2.22. The molecule has 2 N–H and O–H groups in total. The quantitative estimate of drug-likeness (QED) is 0.766. The number of nitrogens with zero attached hydrogens (tertiary/aromatic N) is 2. The molecule has 2 rings (SSSR count). The van der Waals surface area contributed by atoms with Crippen molar-refractivity contribution in [3.05, 3.63) is 36.2 Å². The van der Waals surface area contributed by atoms with Gasteiger partial charge in [0.05, 0.1) is 11.7 Å². The molecule has 2 aromatic heterocycles. The Balaban J connectivity index is 1.88. The minimum absolute atomic E-state index is 0.281. The van der Waals surface area contributed by atoms with Gasteiger partial charge in [0.15, 0.2) is 0 Å². The fraction of sp³-hybridized carbons (Fsp3) is 0.533. The molecule has 104 valence electrons. The molecule has 4 nitrogen and oxygen atoms in total. The van der Waals surface area contributed by atoms with Gasteiger partial charge in [0.2, 0.25) is 0 Å². The Morgan fingerprint density at radius 1 is 1.37 bits per heavy atom. The maximum Gasteiger partial charge on any atom is 0.0706 e. The second-order valence-corrected chi connectivity index (χ2v) is 5.00. The Hall–Kier alpha value is -1.39. The monoisotopic (exact) mass is 261 g/mol. The number of rotatable bonds is 8. The summed E-state index contributed by atoms with van der Waals surface area (Å²) in [6.45, 7) is 4.26. The molecule has 19 heavy (non-hydrogen) atoms. The number of hydrogen-bond donors (Lipinski definition) is 2. The second kappa shape index (κ2) is 7.26. The largest absolute Gasteiger partial charge is 0.396 e. The maximum atomic E-state index is 9.05. The van der Waals surface area contributed by atoms with Crippen molar-refractivity contribution in [2.75, 3.05) is 13.2 Å².